The van der Waals surface area contributed by atoms with E-state index >= 15 is 0 Å². The van der Waals surface area contributed by atoms with Gasteiger partial charge in [-0.25, -0.2) is 9.78 Å². The molecular weight excluding hydrogens is 312 g/mol. The van der Waals surface area contributed by atoms with E-state index in [1.54, 1.807) is 11.3 Å². The number of imide groups is 1. The van der Waals surface area contributed by atoms with E-state index in [1.165, 1.54) is 0 Å². The van der Waals surface area contributed by atoms with Gasteiger partial charge in [-0.15, -0.1) is 11.3 Å². The van der Waals surface area contributed by atoms with Gasteiger partial charge in [-0.05, 0) is 38.9 Å². The van der Waals surface area contributed by atoms with Crippen LogP contribution in [0.1, 0.15) is 30.8 Å². The van der Waals surface area contributed by atoms with E-state index in [0.29, 0.717) is 0 Å². The van der Waals surface area contributed by atoms with Gasteiger partial charge in [-0.3, -0.25) is 15.0 Å². The number of para-hydroxylation sites is 1. The maximum Gasteiger partial charge on any atom is 0.321 e. The molecule has 3 amide bonds. The van der Waals surface area contributed by atoms with Gasteiger partial charge >= 0.3 is 6.03 Å². The minimum atomic E-state index is -0.404. The lowest BCUT2D eigenvalue weighted by atomic mass is 10.3. The third-order valence-electron chi connectivity index (χ3n) is 3.89. The zero-order chi connectivity index (χ0) is 16.4. The van der Waals surface area contributed by atoms with E-state index in [0.717, 1.165) is 28.1 Å². The van der Waals surface area contributed by atoms with Crippen molar-refractivity contribution < 1.29 is 9.59 Å². The number of urea groups is 1. The Morgan fingerprint density at radius 2 is 2.13 bits per heavy atom. The number of nitrogens with zero attached hydrogens (tertiary/aromatic N) is 2. The van der Waals surface area contributed by atoms with Crippen molar-refractivity contribution in [3.05, 3.63) is 29.3 Å². The molecule has 0 aliphatic heterocycles. The molecule has 1 aliphatic rings. The molecule has 3 rings (SSSR count). The molecule has 1 aromatic heterocycles. The maximum absolute atomic E-state index is 11.9. The fourth-order valence-corrected chi connectivity index (χ4v) is 3.32. The molecule has 1 fully saturated rings. The lowest BCUT2D eigenvalue weighted by Gasteiger charge is -2.22. The zero-order valence-corrected chi connectivity index (χ0v) is 14.0. The summed E-state index contributed by atoms with van der Waals surface area (Å²) in [5.41, 5.74) is 0.973. The van der Waals surface area contributed by atoms with E-state index in [1.807, 2.05) is 43.1 Å². The highest BCUT2D eigenvalue weighted by Gasteiger charge is 2.24. The molecule has 0 spiro atoms. The topological polar surface area (TPSA) is 74.3 Å². The lowest BCUT2D eigenvalue weighted by molar-refractivity contribution is -0.121. The van der Waals surface area contributed by atoms with Crippen LogP contribution in [0.2, 0.25) is 0 Å². The highest BCUT2D eigenvalue weighted by molar-refractivity contribution is 7.18. The molecule has 2 N–H and O–H groups in total. The van der Waals surface area contributed by atoms with E-state index in [-0.39, 0.29) is 24.5 Å². The number of likely N-dealkylation sites (N-methyl/N-ethyl adjacent to an activating group) is 1. The molecule has 7 heteroatoms. The highest BCUT2D eigenvalue weighted by Crippen LogP contribution is 2.28. The average molecular weight is 332 g/mol. The Morgan fingerprint density at radius 3 is 2.83 bits per heavy atom. The minimum absolute atomic E-state index is 0.00430. The van der Waals surface area contributed by atoms with Crippen LogP contribution in [-0.2, 0) is 4.79 Å². The molecule has 0 bridgehead atoms. The molecule has 1 atom stereocenters. The third-order valence-corrected chi connectivity index (χ3v) is 5.09. The van der Waals surface area contributed by atoms with Crippen LogP contribution in [0.15, 0.2) is 24.3 Å². The summed E-state index contributed by atoms with van der Waals surface area (Å²) in [6.45, 7) is 2.16. The van der Waals surface area contributed by atoms with E-state index in [2.05, 4.69) is 15.6 Å². The van der Waals surface area contributed by atoms with Crippen LogP contribution in [0.25, 0.3) is 10.2 Å². The molecule has 122 valence electrons. The monoisotopic (exact) mass is 332 g/mol. The Hall–Kier alpha value is -1.99. The number of carbonyl (C=O) groups excluding carboxylic acids is 2. The molecule has 0 radical (unpaired) electrons. The molecule has 0 unspecified atom stereocenters. The van der Waals surface area contributed by atoms with Gasteiger partial charge in [0.25, 0.3) is 0 Å². The molecule has 23 heavy (non-hydrogen) atoms. The van der Waals surface area contributed by atoms with Crippen molar-refractivity contribution in [3.63, 3.8) is 0 Å². The van der Waals surface area contributed by atoms with Crippen molar-refractivity contribution in [1.82, 2.24) is 20.5 Å². The summed E-state index contributed by atoms with van der Waals surface area (Å²) in [5, 5.41) is 6.07. The Kier molecular flexibility index (Phi) is 4.58. The first kappa shape index (κ1) is 15.9. The first-order valence-corrected chi connectivity index (χ1v) is 8.50. The number of rotatable bonds is 5. The Bertz CT molecular complexity index is 693. The van der Waals surface area contributed by atoms with E-state index < -0.39 is 6.03 Å². The predicted octanol–water partition coefficient (Wildman–Crippen LogP) is 2.28. The van der Waals surface area contributed by atoms with E-state index in [9.17, 15) is 9.59 Å². The fraction of sp³-hybridized carbons (Fsp3) is 0.438. The predicted molar refractivity (Wildman–Crippen MR) is 90.4 cm³/mol. The van der Waals surface area contributed by atoms with Crippen LogP contribution in [-0.4, -0.2) is 41.5 Å². The van der Waals surface area contributed by atoms with Gasteiger partial charge in [0.15, 0.2) is 0 Å². The van der Waals surface area contributed by atoms with E-state index in [4.69, 9.17) is 0 Å². The number of fused-ring (bicyclic) bond motifs is 1. The van der Waals surface area contributed by atoms with Crippen molar-refractivity contribution >= 4 is 33.5 Å². The number of hydrogen-bond acceptors (Lipinski definition) is 5. The van der Waals surface area contributed by atoms with Gasteiger partial charge < -0.3 is 5.32 Å². The number of hydrogen-bond donors (Lipinski definition) is 2. The van der Waals surface area contributed by atoms with Gasteiger partial charge in [0.05, 0.1) is 22.8 Å². The lowest BCUT2D eigenvalue weighted by Crippen LogP contribution is -2.44. The first-order valence-electron chi connectivity index (χ1n) is 7.69. The maximum atomic E-state index is 11.9. The molecule has 1 saturated carbocycles. The average Bonchev–Trinajstić information content (AvgIpc) is 3.20. The fourth-order valence-electron chi connectivity index (χ4n) is 2.24. The second kappa shape index (κ2) is 6.64. The minimum Gasteiger partial charge on any atom is -0.335 e. The van der Waals surface area contributed by atoms with Gasteiger partial charge in [-0.2, -0.15) is 0 Å². The van der Waals surface area contributed by atoms with Crippen molar-refractivity contribution in [2.75, 3.05) is 13.6 Å². The van der Waals surface area contributed by atoms with Crippen LogP contribution < -0.4 is 10.6 Å². The summed E-state index contributed by atoms with van der Waals surface area (Å²) in [6, 6.07) is 7.82. The van der Waals surface area contributed by atoms with Crippen LogP contribution in [0.4, 0.5) is 4.79 Å². The summed E-state index contributed by atoms with van der Waals surface area (Å²) in [6.07, 6.45) is 1.99. The van der Waals surface area contributed by atoms with Gasteiger partial charge in [-0.1, -0.05) is 12.1 Å². The number of aromatic nitrogens is 1. The van der Waals surface area contributed by atoms with Crippen molar-refractivity contribution in [2.45, 2.75) is 31.8 Å². The number of thiazole rings is 1. The summed E-state index contributed by atoms with van der Waals surface area (Å²) in [7, 11) is 1.86. The van der Waals surface area contributed by atoms with Gasteiger partial charge in [0, 0.05) is 6.04 Å². The molecule has 2 aromatic rings. The standard InChI is InChI=1S/C16H20N4O2S/c1-10(15-18-12-5-3-4-6-13(12)23-15)20(2)9-14(21)19-16(22)17-11-7-8-11/h3-6,10-11H,7-9H2,1-2H3,(H2,17,19,21,22)/t10-/m1/s1. The summed E-state index contributed by atoms with van der Waals surface area (Å²) < 4.78 is 1.14. The zero-order valence-electron chi connectivity index (χ0n) is 13.2. The molecule has 1 aliphatic carbocycles. The first-order chi connectivity index (χ1) is 11.0. The normalized spacial score (nSPS) is 15.6. The van der Waals surface area contributed by atoms with Crippen molar-refractivity contribution in [3.8, 4) is 0 Å². The molecule has 6 nitrogen and oxygen atoms in total. The Balaban J connectivity index is 1.56. The van der Waals surface area contributed by atoms with Crippen LogP contribution in [0.5, 0.6) is 0 Å². The Morgan fingerprint density at radius 1 is 1.39 bits per heavy atom. The van der Waals surface area contributed by atoms with Crippen molar-refractivity contribution in [2.24, 2.45) is 0 Å². The summed E-state index contributed by atoms with van der Waals surface area (Å²) in [5.74, 6) is -0.307. The van der Waals surface area contributed by atoms with Crippen LogP contribution in [0.3, 0.4) is 0 Å². The number of nitrogens with one attached hydrogen (secondary N) is 2. The quantitative estimate of drug-likeness (QED) is 0.881. The second-order valence-electron chi connectivity index (χ2n) is 5.91. The molecule has 1 aromatic carbocycles. The van der Waals surface area contributed by atoms with Gasteiger partial charge in [0.2, 0.25) is 5.91 Å². The van der Waals surface area contributed by atoms with Crippen molar-refractivity contribution in [1.29, 1.82) is 0 Å². The Labute approximate surface area is 138 Å². The summed E-state index contributed by atoms with van der Waals surface area (Å²) in [4.78, 5) is 30.0. The molecule has 1 heterocycles. The SMILES string of the molecule is C[C@H](c1nc2ccccc2s1)N(C)CC(=O)NC(=O)NC1CC1. The molecule has 0 saturated heterocycles. The number of benzene rings is 1. The molecular formula is C16H20N4O2S. The number of carbonyl (C=O) groups is 2. The largest absolute Gasteiger partial charge is 0.335 e. The smallest absolute Gasteiger partial charge is 0.321 e. The second-order valence-corrected chi connectivity index (χ2v) is 6.97. The third kappa shape index (κ3) is 4.05. The summed E-state index contributed by atoms with van der Waals surface area (Å²) >= 11 is 1.63. The highest BCUT2D eigenvalue weighted by atomic mass is 32.1. The van der Waals surface area contributed by atoms with Crippen LogP contribution in [0, 0.1) is 0 Å². The van der Waals surface area contributed by atoms with Gasteiger partial charge in [0.1, 0.15) is 5.01 Å². The number of amides is 3. The van der Waals surface area contributed by atoms with Crippen LogP contribution >= 0.6 is 11.3 Å².